The van der Waals surface area contributed by atoms with Crippen molar-refractivity contribution in [3.05, 3.63) is 77.0 Å². The molecule has 2 aliphatic rings. The van der Waals surface area contributed by atoms with Gasteiger partial charge in [-0.1, -0.05) is 17.7 Å². The van der Waals surface area contributed by atoms with Gasteiger partial charge in [0.2, 0.25) is 5.95 Å². The van der Waals surface area contributed by atoms with Gasteiger partial charge >= 0.3 is 0 Å². The number of nitrogens with one attached hydrogen (secondary N) is 1. The third-order valence-electron chi connectivity index (χ3n) is 8.31. The zero-order chi connectivity index (χ0) is 31.7. The Morgan fingerprint density at radius 3 is 2.53 bits per heavy atom. The number of anilines is 2. The van der Waals surface area contributed by atoms with Crippen molar-refractivity contribution in [2.75, 3.05) is 36.4 Å². The number of benzene rings is 1. The van der Waals surface area contributed by atoms with E-state index in [1.165, 1.54) is 6.20 Å². The molecule has 1 unspecified atom stereocenters. The summed E-state index contributed by atoms with van der Waals surface area (Å²) in [5.74, 6) is -1.08. The van der Waals surface area contributed by atoms with Gasteiger partial charge in [0.15, 0.2) is 5.82 Å². The molecule has 0 bridgehead atoms. The lowest BCUT2D eigenvalue weighted by Gasteiger charge is -2.44. The quantitative estimate of drug-likeness (QED) is 0.266. The molecular weight excluding hydrogens is 611 g/mol. The van der Waals surface area contributed by atoms with Crippen LogP contribution in [0.5, 0.6) is 0 Å². The van der Waals surface area contributed by atoms with Gasteiger partial charge in [0, 0.05) is 67.5 Å². The Morgan fingerprint density at radius 2 is 1.84 bits per heavy atom. The molecule has 15 heteroatoms. The normalized spacial score (nSPS) is 18.2. The summed E-state index contributed by atoms with van der Waals surface area (Å²) in [5.41, 5.74) is -0.409. The van der Waals surface area contributed by atoms with Crippen molar-refractivity contribution in [1.82, 2.24) is 34.6 Å². The lowest BCUT2D eigenvalue weighted by atomic mass is 10.0. The van der Waals surface area contributed by atoms with Gasteiger partial charge in [0.05, 0.1) is 47.1 Å². The molecule has 2 fully saturated rings. The number of rotatable bonds is 9. The first-order chi connectivity index (χ1) is 21.7. The maximum atomic E-state index is 14.7. The van der Waals surface area contributed by atoms with Gasteiger partial charge in [0.1, 0.15) is 5.69 Å². The fraction of sp³-hybridized carbons (Fsp3) is 0.400. The Bertz CT molecular complexity index is 1660. The molecule has 1 aromatic carbocycles. The number of hydrogen-bond donors (Lipinski definition) is 2. The maximum Gasteiger partial charge on any atom is 0.275 e. The van der Waals surface area contributed by atoms with E-state index < -0.39 is 29.3 Å². The Kier molecular flexibility index (Phi) is 8.97. The molecular formula is C30H31ClF3N9O2. The minimum atomic E-state index is -2.99. The predicted octanol–water partition coefficient (Wildman–Crippen LogP) is 4.76. The van der Waals surface area contributed by atoms with Crippen LogP contribution in [0.1, 0.15) is 60.3 Å². The molecule has 5 heterocycles. The van der Waals surface area contributed by atoms with Gasteiger partial charge < -0.3 is 20.2 Å². The van der Waals surface area contributed by atoms with Crippen LogP contribution in [0.25, 0.3) is 11.3 Å². The number of hydrogen-bond acceptors (Lipinski definition) is 9. The molecule has 2 atom stereocenters. The van der Waals surface area contributed by atoms with E-state index in [4.69, 9.17) is 11.6 Å². The standard InChI is InChI=1S/C30H31ClF3N9O2/c1-17(18-10-36-30(37-11-18)42-9-4-20(42)16-41-7-5-21(44)6-8-41)43-15-19(12-38-43)39-29(45)25-14-35-13-24(40-25)26-22(28(33)34)2-3-23(31)27(26)32/h2-3,10-15,17,20-21,28,44H,4-9,16H2,1H3,(H,39,45)/t17?,20-/m0/s1. The number of likely N-dealkylation sites (tertiary alicyclic amines) is 1. The fourth-order valence-electron chi connectivity index (χ4n) is 5.55. The summed E-state index contributed by atoms with van der Waals surface area (Å²) in [5, 5.41) is 16.4. The number of aliphatic hydroxyl groups excluding tert-OH is 1. The average molecular weight is 642 g/mol. The summed E-state index contributed by atoms with van der Waals surface area (Å²) < 4.78 is 43.5. The summed E-state index contributed by atoms with van der Waals surface area (Å²) in [6.45, 7) is 5.55. The zero-order valence-corrected chi connectivity index (χ0v) is 25.1. The van der Waals surface area contributed by atoms with Gasteiger partial charge in [-0.25, -0.2) is 28.1 Å². The van der Waals surface area contributed by atoms with Crippen molar-refractivity contribution in [3.8, 4) is 11.3 Å². The fourth-order valence-corrected chi connectivity index (χ4v) is 5.71. The number of alkyl halides is 2. The molecule has 1 amide bonds. The Balaban J connectivity index is 1.10. The van der Waals surface area contributed by atoms with Crippen molar-refractivity contribution in [2.45, 2.75) is 50.8 Å². The van der Waals surface area contributed by atoms with Crippen LogP contribution in [0.4, 0.5) is 24.8 Å². The van der Waals surface area contributed by atoms with E-state index in [1.807, 2.05) is 6.92 Å². The van der Waals surface area contributed by atoms with E-state index >= 15 is 0 Å². The topological polar surface area (TPSA) is 125 Å². The third-order valence-corrected chi connectivity index (χ3v) is 8.60. The monoisotopic (exact) mass is 641 g/mol. The average Bonchev–Trinajstić information content (AvgIpc) is 3.49. The Labute approximate surface area is 262 Å². The van der Waals surface area contributed by atoms with Crippen molar-refractivity contribution >= 4 is 29.1 Å². The minimum absolute atomic E-state index is 0.191. The van der Waals surface area contributed by atoms with Crippen LogP contribution in [0.3, 0.4) is 0 Å². The Morgan fingerprint density at radius 1 is 1.09 bits per heavy atom. The molecule has 236 valence electrons. The molecule has 2 saturated heterocycles. The molecule has 0 aliphatic carbocycles. The maximum absolute atomic E-state index is 14.7. The minimum Gasteiger partial charge on any atom is -0.393 e. The SMILES string of the molecule is CC(c1cnc(N2CC[C@H]2CN2CCC(O)CC2)nc1)n1cc(NC(=O)c2cncc(-c3c(C(F)F)ccc(Cl)c3F)n2)cn1. The van der Waals surface area contributed by atoms with E-state index in [-0.39, 0.29) is 28.6 Å². The summed E-state index contributed by atoms with van der Waals surface area (Å²) in [7, 11) is 0. The predicted molar refractivity (Wildman–Crippen MR) is 161 cm³/mol. The van der Waals surface area contributed by atoms with Crippen molar-refractivity contribution in [3.63, 3.8) is 0 Å². The Hall–Kier alpha value is -4.14. The van der Waals surface area contributed by atoms with Crippen LogP contribution in [0, 0.1) is 5.82 Å². The number of amides is 1. The lowest BCUT2D eigenvalue weighted by Crippen LogP contribution is -2.55. The second-order valence-corrected chi connectivity index (χ2v) is 11.6. The molecule has 6 rings (SSSR count). The van der Waals surface area contributed by atoms with E-state index in [0.717, 1.165) is 75.5 Å². The van der Waals surface area contributed by atoms with Gasteiger partial charge in [-0.2, -0.15) is 5.10 Å². The van der Waals surface area contributed by atoms with Crippen LogP contribution in [-0.4, -0.2) is 84.0 Å². The zero-order valence-electron chi connectivity index (χ0n) is 24.3. The highest BCUT2D eigenvalue weighted by atomic mass is 35.5. The summed E-state index contributed by atoms with van der Waals surface area (Å²) in [6, 6.07) is 2.15. The molecule has 4 aromatic rings. The number of aliphatic hydroxyl groups is 1. The van der Waals surface area contributed by atoms with E-state index in [0.29, 0.717) is 17.7 Å². The first kappa shape index (κ1) is 30.9. The van der Waals surface area contributed by atoms with Crippen LogP contribution in [0.15, 0.2) is 49.3 Å². The lowest BCUT2D eigenvalue weighted by molar-refractivity contribution is 0.0761. The highest BCUT2D eigenvalue weighted by Crippen LogP contribution is 2.35. The number of aromatic nitrogens is 6. The number of halogens is 4. The molecule has 11 nitrogen and oxygen atoms in total. The highest BCUT2D eigenvalue weighted by Gasteiger charge is 2.32. The molecule has 0 saturated carbocycles. The van der Waals surface area contributed by atoms with Crippen LogP contribution < -0.4 is 10.2 Å². The smallest absolute Gasteiger partial charge is 0.275 e. The van der Waals surface area contributed by atoms with Crippen LogP contribution >= 0.6 is 11.6 Å². The van der Waals surface area contributed by atoms with Gasteiger partial charge in [-0.05, 0) is 32.3 Å². The highest BCUT2D eigenvalue weighted by molar-refractivity contribution is 6.31. The summed E-state index contributed by atoms with van der Waals surface area (Å²) in [4.78, 5) is 34.8. The van der Waals surface area contributed by atoms with E-state index in [9.17, 15) is 23.1 Å². The summed E-state index contributed by atoms with van der Waals surface area (Å²) >= 11 is 5.82. The molecule has 2 aliphatic heterocycles. The van der Waals surface area contributed by atoms with Gasteiger partial charge in [-0.15, -0.1) is 0 Å². The number of carbonyl (C=O) groups is 1. The van der Waals surface area contributed by atoms with Gasteiger partial charge in [0.25, 0.3) is 12.3 Å². The number of nitrogens with zero attached hydrogens (tertiary/aromatic N) is 8. The summed E-state index contributed by atoms with van der Waals surface area (Å²) in [6.07, 6.45) is 8.37. The third kappa shape index (κ3) is 6.63. The van der Waals surface area contributed by atoms with E-state index in [1.54, 1.807) is 23.3 Å². The number of piperidine rings is 1. The van der Waals surface area contributed by atoms with Crippen molar-refractivity contribution < 1.29 is 23.1 Å². The first-order valence-electron chi connectivity index (χ1n) is 14.6. The van der Waals surface area contributed by atoms with Gasteiger partial charge in [-0.3, -0.25) is 14.5 Å². The first-order valence-corrected chi connectivity index (χ1v) is 15.0. The van der Waals surface area contributed by atoms with Crippen molar-refractivity contribution in [2.24, 2.45) is 0 Å². The molecule has 0 spiro atoms. The molecule has 2 N–H and O–H groups in total. The second kappa shape index (κ2) is 13.1. The largest absolute Gasteiger partial charge is 0.393 e. The second-order valence-electron chi connectivity index (χ2n) is 11.2. The van der Waals surface area contributed by atoms with Crippen molar-refractivity contribution in [1.29, 1.82) is 0 Å². The molecule has 45 heavy (non-hydrogen) atoms. The molecule has 0 radical (unpaired) electrons. The molecule has 3 aromatic heterocycles. The van der Waals surface area contributed by atoms with Crippen LogP contribution in [-0.2, 0) is 0 Å². The van der Waals surface area contributed by atoms with Crippen LogP contribution in [0.2, 0.25) is 5.02 Å². The number of carbonyl (C=O) groups excluding carboxylic acids is 1. The van der Waals surface area contributed by atoms with E-state index in [2.05, 4.69) is 40.2 Å².